The molecular formula is C14H16N4O4. The number of rotatable bonds is 5. The Labute approximate surface area is 127 Å². The average molecular weight is 304 g/mol. The van der Waals surface area contributed by atoms with E-state index in [1.807, 2.05) is 19.1 Å². The van der Waals surface area contributed by atoms with E-state index in [2.05, 4.69) is 15.5 Å². The van der Waals surface area contributed by atoms with Crippen LogP contribution in [0.2, 0.25) is 0 Å². The molecule has 1 aliphatic rings. The van der Waals surface area contributed by atoms with Gasteiger partial charge in [0.15, 0.2) is 23.9 Å². The number of hydrogen-bond acceptors (Lipinski definition) is 7. The van der Waals surface area contributed by atoms with Crippen LogP contribution in [0.3, 0.4) is 0 Å². The van der Waals surface area contributed by atoms with Crippen molar-refractivity contribution in [2.75, 3.05) is 6.61 Å². The SMILES string of the molecule is CCCn1nnnc1COC(=O)C1COc2ccccc2O1. The minimum Gasteiger partial charge on any atom is -0.485 e. The van der Waals surface area contributed by atoms with Gasteiger partial charge in [-0.25, -0.2) is 9.48 Å². The first-order chi connectivity index (χ1) is 10.8. The Kier molecular flexibility index (Phi) is 4.17. The summed E-state index contributed by atoms with van der Waals surface area (Å²) in [6.07, 6.45) is 0.105. The number of fused-ring (bicyclic) bond motifs is 1. The predicted octanol–water partition coefficient (Wildman–Crippen LogP) is 0.966. The van der Waals surface area contributed by atoms with Crippen LogP contribution in [0.5, 0.6) is 11.5 Å². The van der Waals surface area contributed by atoms with Crippen molar-refractivity contribution < 1.29 is 19.0 Å². The maximum Gasteiger partial charge on any atom is 0.351 e. The molecule has 0 N–H and O–H groups in total. The van der Waals surface area contributed by atoms with E-state index in [-0.39, 0.29) is 13.2 Å². The number of carbonyl (C=O) groups excluding carboxylic acids is 1. The van der Waals surface area contributed by atoms with Crippen molar-refractivity contribution in [2.45, 2.75) is 32.6 Å². The van der Waals surface area contributed by atoms with Gasteiger partial charge in [0.2, 0.25) is 6.10 Å². The number of aryl methyl sites for hydroxylation is 1. The molecule has 0 bridgehead atoms. The number of tetrazole rings is 1. The number of nitrogens with zero attached hydrogens (tertiary/aromatic N) is 4. The van der Waals surface area contributed by atoms with Crippen molar-refractivity contribution in [1.82, 2.24) is 20.2 Å². The molecule has 1 aromatic carbocycles. The summed E-state index contributed by atoms with van der Waals surface area (Å²) < 4.78 is 17.9. The van der Waals surface area contributed by atoms with Crippen LogP contribution >= 0.6 is 0 Å². The fourth-order valence-corrected chi connectivity index (χ4v) is 2.08. The van der Waals surface area contributed by atoms with Gasteiger partial charge >= 0.3 is 5.97 Å². The Hall–Kier alpha value is -2.64. The fraction of sp³-hybridized carbons (Fsp3) is 0.429. The lowest BCUT2D eigenvalue weighted by Crippen LogP contribution is -2.37. The molecule has 116 valence electrons. The third-order valence-electron chi connectivity index (χ3n) is 3.16. The first-order valence-electron chi connectivity index (χ1n) is 7.08. The molecule has 0 saturated carbocycles. The molecule has 1 unspecified atom stereocenters. The Balaban J connectivity index is 1.58. The second-order valence-electron chi connectivity index (χ2n) is 4.79. The maximum atomic E-state index is 12.1. The van der Waals surface area contributed by atoms with Crippen LogP contribution in [0.25, 0.3) is 0 Å². The standard InChI is InChI=1S/C14H16N4O4/c1-2-7-18-13(15-16-17-18)9-21-14(19)12-8-20-10-5-3-4-6-11(10)22-12/h3-6,12H,2,7-9H2,1H3. The fourth-order valence-electron chi connectivity index (χ4n) is 2.08. The highest BCUT2D eigenvalue weighted by atomic mass is 16.6. The van der Waals surface area contributed by atoms with Gasteiger partial charge in [0, 0.05) is 6.54 Å². The van der Waals surface area contributed by atoms with E-state index in [1.54, 1.807) is 16.8 Å². The van der Waals surface area contributed by atoms with E-state index in [0.29, 0.717) is 23.9 Å². The Bertz CT molecular complexity index is 658. The number of para-hydroxylation sites is 2. The van der Waals surface area contributed by atoms with Crippen molar-refractivity contribution in [3.8, 4) is 11.5 Å². The third kappa shape index (κ3) is 3.00. The van der Waals surface area contributed by atoms with Crippen LogP contribution in [0, 0.1) is 0 Å². The lowest BCUT2D eigenvalue weighted by molar-refractivity contribution is -0.156. The zero-order valence-corrected chi connectivity index (χ0v) is 12.1. The summed E-state index contributed by atoms with van der Waals surface area (Å²) in [5.74, 6) is 1.16. The average Bonchev–Trinajstić information content (AvgIpc) is 3.00. The van der Waals surface area contributed by atoms with Gasteiger partial charge in [-0.1, -0.05) is 19.1 Å². The molecule has 0 fully saturated rings. The molecule has 1 aliphatic heterocycles. The summed E-state index contributed by atoms with van der Waals surface area (Å²) in [6, 6.07) is 7.19. The zero-order chi connectivity index (χ0) is 15.4. The maximum absolute atomic E-state index is 12.1. The second-order valence-corrected chi connectivity index (χ2v) is 4.79. The molecular weight excluding hydrogens is 288 g/mol. The zero-order valence-electron chi connectivity index (χ0n) is 12.1. The summed E-state index contributed by atoms with van der Waals surface area (Å²) in [6.45, 7) is 2.82. The summed E-state index contributed by atoms with van der Waals surface area (Å²) >= 11 is 0. The monoisotopic (exact) mass is 304 g/mol. The first kappa shape index (κ1) is 14.3. The minimum absolute atomic E-state index is 0.00728. The van der Waals surface area contributed by atoms with Crippen molar-refractivity contribution in [1.29, 1.82) is 0 Å². The van der Waals surface area contributed by atoms with Crippen molar-refractivity contribution in [2.24, 2.45) is 0 Å². The molecule has 22 heavy (non-hydrogen) atoms. The van der Waals surface area contributed by atoms with E-state index >= 15 is 0 Å². The van der Waals surface area contributed by atoms with Crippen LogP contribution in [0.4, 0.5) is 0 Å². The molecule has 8 nitrogen and oxygen atoms in total. The Morgan fingerprint density at radius 1 is 1.41 bits per heavy atom. The molecule has 0 radical (unpaired) electrons. The molecule has 8 heteroatoms. The summed E-state index contributed by atoms with van der Waals surface area (Å²) in [5, 5.41) is 11.3. The van der Waals surface area contributed by atoms with E-state index in [9.17, 15) is 4.79 Å². The Morgan fingerprint density at radius 2 is 2.23 bits per heavy atom. The van der Waals surface area contributed by atoms with E-state index in [0.717, 1.165) is 6.42 Å². The van der Waals surface area contributed by atoms with E-state index < -0.39 is 12.1 Å². The van der Waals surface area contributed by atoms with Crippen LogP contribution in [0.1, 0.15) is 19.2 Å². The minimum atomic E-state index is -0.787. The lowest BCUT2D eigenvalue weighted by atomic mass is 10.2. The molecule has 1 atom stereocenters. The molecule has 0 spiro atoms. The Morgan fingerprint density at radius 3 is 3.05 bits per heavy atom. The van der Waals surface area contributed by atoms with Gasteiger partial charge < -0.3 is 14.2 Å². The smallest absolute Gasteiger partial charge is 0.351 e. The predicted molar refractivity (Wildman–Crippen MR) is 74.3 cm³/mol. The molecule has 0 aliphatic carbocycles. The topological polar surface area (TPSA) is 88.4 Å². The number of carbonyl (C=O) groups is 1. The summed E-state index contributed by atoms with van der Waals surface area (Å²) in [5.41, 5.74) is 0. The van der Waals surface area contributed by atoms with Gasteiger partial charge in [0.25, 0.3) is 0 Å². The normalized spacial score (nSPS) is 16.3. The number of hydrogen-bond donors (Lipinski definition) is 0. The van der Waals surface area contributed by atoms with Gasteiger partial charge in [-0.2, -0.15) is 0 Å². The number of benzene rings is 1. The largest absolute Gasteiger partial charge is 0.485 e. The molecule has 1 aromatic heterocycles. The van der Waals surface area contributed by atoms with Crippen LogP contribution < -0.4 is 9.47 Å². The second kappa shape index (κ2) is 6.42. The van der Waals surface area contributed by atoms with Gasteiger partial charge in [-0.3, -0.25) is 0 Å². The van der Waals surface area contributed by atoms with Crippen LogP contribution in [-0.4, -0.2) is 38.9 Å². The molecule has 0 amide bonds. The summed E-state index contributed by atoms with van der Waals surface area (Å²) in [7, 11) is 0. The van der Waals surface area contributed by atoms with Crippen molar-refractivity contribution in [3.63, 3.8) is 0 Å². The molecule has 0 saturated heterocycles. The van der Waals surface area contributed by atoms with Crippen molar-refractivity contribution in [3.05, 3.63) is 30.1 Å². The van der Waals surface area contributed by atoms with Gasteiger partial charge in [-0.15, -0.1) is 5.10 Å². The van der Waals surface area contributed by atoms with Gasteiger partial charge in [-0.05, 0) is 29.0 Å². The molecule has 2 heterocycles. The van der Waals surface area contributed by atoms with Gasteiger partial charge in [0.05, 0.1) is 0 Å². The molecule has 2 aromatic rings. The van der Waals surface area contributed by atoms with E-state index in [4.69, 9.17) is 14.2 Å². The van der Waals surface area contributed by atoms with Crippen LogP contribution in [0.15, 0.2) is 24.3 Å². The van der Waals surface area contributed by atoms with E-state index in [1.165, 1.54) is 0 Å². The highest BCUT2D eigenvalue weighted by Gasteiger charge is 2.29. The van der Waals surface area contributed by atoms with Crippen molar-refractivity contribution >= 4 is 5.97 Å². The quantitative estimate of drug-likeness (QED) is 0.760. The van der Waals surface area contributed by atoms with Gasteiger partial charge in [0.1, 0.15) is 6.61 Å². The van der Waals surface area contributed by atoms with Crippen LogP contribution in [-0.2, 0) is 22.7 Å². The number of esters is 1. The lowest BCUT2D eigenvalue weighted by Gasteiger charge is -2.24. The first-order valence-corrected chi connectivity index (χ1v) is 7.08. The summed E-state index contributed by atoms with van der Waals surface area (Å²) in [4.78, 5) is 12.1. The highest BCUT2D eigenvalue weighted by molar-refractivity contribution is 5.75. The number of ether oxygens (including phenoxy) is 3. The number of aromatic nitrogens is 4. The third-order valence-corrected chi connectivity index (χ3v) is 3.16. The highest BCUT2D eigenvalue weighted by Crippen LogP contribution is 2.31. The molecule has 3 rings (SSSR count).